The number of nitro groups is 2. The molecule has 0 radical (unpaired) electrons. The molecule has 8 heteroatoms. The van der Waals surface area contributed by atoms with Gasteiger partial charge in [-0.25, -0.2) is 0 Å². The van der Waals surface area contributed by atoms with Gasteiger partial charge in [0.2, 0.25) is 0 Å². The summed E-state index contributed by atoms with van der Waals surface area (Å²) in [6, 6.07) is 10.2. The van der Waals surface area contributed by atoms with Crippen LogP contribution in [0, 0.1) is 20.2 Å². The molecule has 0 fully saturated rings. The lowest BCUT2D eigenvalue weighted by Crippen LogP contribution is -2.22. The SMILES string of the molecule is CCN(CC)c1ccc(Cc2ccc(N(CC)CC)cc2[N+](=O)[O-])c([N+](=O)[O-])c1. The lowest BCUT2D eigenvalue weighted by Gasteiger charge is -2.22. The Bertz CT molecular complexity index is 805. The molecule has 0 aromatic heterocycles. The van der Waals surface area contributed by atoms with Crippen molar-refractivity contribution < 1.29 is 9.85 Å². The molecule has 0 heterocycles. The lowest BCUT2D eigenvalue weighted by molar-refractivity contribution is -0.386. The predicted octanol–water partition coefficient (Wildman–Crippen LogP) is 4.79. The molecule has 0 spiro atoms. The molecule has 0 saturated carbocycles. The zero-order chi connectivity index (χ0) is 21.6. The number of nitro benzene ring substituents is 2. The molecular formula is C21H28N4O4. The molecule has 0 aliphatic heterocycles. The molecule has 0 atom stereocenters. The van der Waals surface area contributed by atoms with Crippen molar-refractivity contribution in [2.75, 3.05) is 36.0 Å². The van der Waals surface area contributed by atoms with E-state index < -0.39 is 9.85 Å². The summed E-state index contributed by atoms with van der Waals surface area (Å²) in [6.07, 6.45) is 0.129. The van der Waals surface area contributed by atoms with Crippen molar-refractivity contribution >= 4 is 22.7 Å². The van der Waals surface area contributed by atoms with E-state index in [2.05, 4.69) is 0 Å². The van der Waals surface area contributed by atoms with Crippen LogP contribution in [0.4, 0.5) is 22.7 Å². The minimum atomic E-state index is -0.418. The first-order valence-corrected chi connectivity index (χ1v) is 9.90. The molecule has 8 nitrogen and oxygen atoms in total. The number of anilines is 2. The van der Waals surface area contributed by atoms with Crippen LogP contribution in [0.5, 0.6) is 0 Å². The Hall–Kier alpha value is -3.16. The second-order valence-electron chi connectivity index (χ2n) is 6.66. The van der Waals surface area contributed by atoms with E-state index in [0.717, 1.165) is 37.6 Å². The van der Waals surface area contributed by atoms with Gasteiger partial charge in [-0.2, -0.15) is 0 Å². The van der Waals surface area contributed by atoms with Crippen LogP contribution in [0.15, 0.2) is 36.4 Å². The second kappa shape index (κ2) is 9.86. The smallest absolute Gasteiger partial charge is 0.274 e. The minimum absolute atomic E-state index is 0.0171. The number of rotatable bonds is 10. The summed E-state index contributed by atoms with van der Waals surface area (Å²) in [5, 5.41) is 23.3. The van der Waals surface area contributed by atoms with Gasteiger partial charge in [0.1, 0.15) is 0 Å². The molecule has 156 valence electrons. The average molecular weight is 400 g/mol. The Morgan fingerprint density at radius 3 is 1.31 bits per heavy atom. The highest BCUT2D eigenvalue weighted by molar-refractivity contribution is 5.61. The molecule has 29 heavy (non-hydrogen) atoms. The number of hydrogen-bond donors (Lipinski definition) is 0. The molecule has 0 aliphatic rings. The summed E-state index contributed by atoms with van der Waals surface area (Å²) < 4.78 is 0. The molecule has 0 unspecified atom stereocenters. The standard InChI is InChI=1S/C21H28N4O4/c1-5-22(6-2)18-11-9-16(20(14-18)24(26)27)13-17-10-12-19(23(7-3)8-4)15-21(17)25(28)29/h9-12,14-15H,5-8,13H2,1-4H3. The molecule has 0 N–H and O–H groups in total. The maximum atomic E-state index is 11.6. The first-order valence-electron chi connectivity index (χ1n) is 9.90. The Morgan fingerprint density at radius 2 is 1.03 bits per heavy atom. The van der Waals surface area contributed by atoms with E-state index in [9.17, 15) is 20.2 Å². The van der Waals surface area contributed by atoms with E-state index in [4.69, 9.17) is 0 Å². The first-order chi connectivity index (χ1) is 13.9. The molecule has 2 rings (SSSR count). The number of hydrogen-bond acceptors (Lipinski definition) is 6. The third kappa shape index (κ3) is 5.01. The van der Waals surface area contributed by atoms with E-state index in [0.29, 0.717) is 11.1 Å². The van der Waals surface area contributed by atoms with Gasteiger partial charge in [0.05, 0.1) is 9.85 Å². The molecule has 0 saturated heterocycles. The van der Waals surface area contributed by atoms with E-state index in [1.54, 1.807) is 24.3 Å². The van der Waals surface area contributed by atoms with Crippen molar-refractivity contribution in [1.29, 1.82) is 0 Å². The minimum Gasteiger partial charge on any atom is -0.372 e. The lowest BCUT2D eigenvalue weighted by atomic mass is 10.0. The Labute approximate surface area is 171 Å². The predicted molar refractivity (Wildman–Crippen MR) is 116 cm³/mol. The molecule has 0 bridgehead atoms. The van der Waals surface area contributed by atoms with Crippen molar-refractivity contribution in [2.45, 2.75) is 34.1 Å². The zero-order valence-electron chi connectivity index (χ0n) is 17.4. The molecule has 0 aliphatic carbocycles. The highest BCUT2D eigenvalue weighted by atomic mass is 16.6. The summed E-state index contributed by atoms with van der Waals surface area (Å²) in [6.45, 7) is 10.9. The molecule has 2 aromatic carbocycles. The van der Waals surface area contributed by atoms with Crippen molar-refractivity contribution in [1.82, 2.24) is 0 Å². The summed E-state index contributed by atoms with van der Waals surface area (Å²) in [7, 11) is 0. The fraction of sp³-hybridized carbons (Fsp3) is 0.429. The van der Waals surface area contributed by atoms with Crippen molar-refractivity contribution in [3.8, 4) is 0 Å². The maximum absolute atomic E-state index is 11.6. The van der Waals surface area contributed by atoms with Gasteiger partial charge in [-0.05, 0) is 52.0 Å². The highest BCUT2D eigenvalue weighted by Gasteiger charge is 2.22. The summed E-state index contributed by atoms with van der Waals surface area (Å²) in [4.78, 5) is 26.5. The van der Waals surface area contributed by atoms with Crippen molar-refractivity contribution in [2.24, 2.45) is 0 Å². The van der Waals surface area contributed by atoms with Crippen LogP contribution in [-0.2, 0) is 6.42 Å². The van der Waals surface area contributed by atoms with E-state index in [1.807, 2.05) is 49.6 Å². The zero-order valence-corrected chi connectivity index (χ0v) is 17.4. The van der Waals surface area contributed by atoms with Crippen molar-refractivity contribution in [3.05, 3.63) is 67.8 Å². The quantitative estimate of drug-likeness (QED) is 0.421. The van der Waals surface area contributed by atoms with Crippen LogP contribution in [0.25, 0.3) is 0 Å². The fourth-order valence-electron chi connectivity index (χ4n) is 3.52. The van der Waals surface area contributed by atoms with Gasteiger partial charge >= 0.3 is 0 Å². The third-order valence-corrected chi connectivity index (χ3v) is 5.17. The Kier molecular flexibility index (Phi) is 7.52. The van der Waals surface area contributed by atoms with Gasteiger partial charge in [-0.3, -0.25) is 20.2 Å². The van der Waals surface area contributed by atoms with Gasteiger partial charge in [0, 0.05) is 67.2 Å². The number of benzene rings is 2. The largest absolute Gasteiger partial charge is 0.372 e. The van der Waals surface area contributed by atoms with E-state index >= 15 is 0 Å². The summed E-state index contributed by atoms with van der Waals surface area (Å²) >= 11 is 0. The van der Waals surface area contributed by atoms with Gasteiger partial charge in [0.25, 0.3) is 11.4 Å². The second-order valence-corrected chi connectivity index (χ2v) is 6.66. The maximum Gasteiger partial charge on any atom is 0.274 e. The first kappa shape index (κ1) is 22.1. The van der Waals surface area contributed by atoms with Crippen LogP contribution in [0.3, 0.4) is 0 Å². The third-order valence-electron chi connectivity index (χ3n) is 5.17. The normalized spacial score (nSPS) is 10.6. The van der Waals surface area contributed by atoms with E-state index in [-0.39, 0.29) is 17.8 Å². The highest BCUT2D eigenvalue weighted by Crippen LogP contribution is 2.32. The van der Waals surface area contributed by atoms with Crippen LogP contribution in [0.1, 0.15) is 38.8 Å². The Morgan fingerprint density at radius 1 is 0.690 bits per heavy atom. The molecule has 2 aromatic rings. The van der Waals surface area contributed by atoms with Gasteiger partial charge < -0.3 is 9.80 Å². The van der Waals surface area contributed by atoms with Gasteiger partial charge in [-0.1, -0.05) is 0 Å². The Balaban J connectivity index is 2.47. The molecular weight excluding hydrogens is 372 g/mol. The monoisotopic (exact) mass is 400 g/mol. The van der Waals surface area contributed by atoms with Crippen LogP contribution in [0.2, 0.25) is 0 Å². The topological polar surface area (TPSA) is 92.8 Å². The van der Waals surface area contributed by atoms with Crippen LogP contribution < -0.4 is 9.80 Å². The molecule has 0 amide bonds. The van der Waals surface area contributed by atoms with E-state index in [1.165, 1.54) is 0 Å². The van der Waals surface area contributed by atoms with Crippen LogP contribution in [-0.4, -0.2) is 36.0 Å². The van der Waals surface area contributed by atoms with Crippen LogP contribution >= 0.6 is 0 Å². The summed E-state index contributed by atoms with van der Waals surface area (Å²) in [5.74, 6) is 0. The number of nitrogens with zero attached hydrogens (tertiary/aromatic N) is 4. The summed E-state index contributed by atoms with van der Waals surface area (Å²) in [5.41, 5.74) is 2.44. The van der Waals surface area contributed by atoms with Gasteiger partial charge in [-0.15, -0.1) is 0 Å². The van der Waals surface area contributed by atoms with Crippen molar-refractivity contribution in [3.63, 3.8) is 0 Å². The van der Waals surface area contributed by atoms with Gasteiger partial charge in [0.15, 0.2) is 0 Å². The fourth-order valence-corrected chi connectivity index (χ4v) is 3.52. The average Bonchev–Trinajstić information content (AvgIpc) is 2.71.